The number of fused-ring (bicyclic) bond motifs is 2. The van der Waals surface area contributed by atoms with E-state index < -0.39 is 0 Å². The fourth-order valence-electron chi connectivity index (χ4n) is 5.00. The van der Waals surface area contributed by atoms with Crippen molar-refractivity contribution in [3.8, 4) is 0 Å². The molecule has 0 unspecified atom stereocenters. The molecule has 2 N–H and O–H groups in total. The molecule has 26 heavy (non-hydrogen) atoms. The van der Waals surface area contributed by atoms with Crippen molar-refractivity contribution in [1.29, 1.82) is 0 Å². The topological polar surface area (TPSA) is 57.7 Å². The lowest BCUT2D eigenvalue weighted by Gasteiger charge is -2.43. The summed E-state index contributed by atoms with van der Waals surface area (Å²) in [4.78, 5) is 5.98. The summed E-state index contributed by atoms with van der Waals surface area (Å²) < 4.78 is 11.9. The molecule has 0 radical (unpaired) electrons. The number of likely N-dealkylation sites (tertiary alicyclic amines) is 1. The van der Waals surface area contributed by atoms with E-state index in [9.17, 15) is 0 Å². The van der Waals surface area contributed by atoms with Gasteiger partial charge >= 0.3 is 0 Å². The Hall–Kier alpha value is -1.40. The van der Waals surface area contributed by atoms with Crippen molar-refractivity contribution in [1.82, 2.24) is 9.88 Å². The third kappa shape index (κ3) is 3.29. The molecule has 1 aliphatic heterocycles. The van der Waals surface area contributed by atoms with E-state index in [-0.39, 0.29) is 18.3 Å². The normalized spacial score (nSPS) is 29.3. The maximum absolute atomic E-state index is 9.05. The molecule has 5 heteroatoms. The maximum atomic E-state index is 9.05. The summed E-state index contributed by atoms with van der Waals surface area (Å²) in [6.45, 7) is 2.67. The first-order valence-electron chi connectivity index (χ1n) is 9.82. The molecule has 1 aromatic carbocycles. The minimum atomic E-state index is -0.0146. The minimum absolute atomic E-state index is 0.0146. The summed E-state index contributed by atoms with van der Waals surface area (Å²) in [5.41, 5.74) is 2.59. The molecule has 1 aromatic heterocycles. The Morgan fingerprint density at radius 2 is 2.19 bits per heavy atom. The van der Waals surface area contributed by atoms with Crippen LogP contribution in [0.5, 0.6) is 0 Å². The van der Waals surface area contributed by atoms with Crippen molar-refractivity contribution < 1.29 is 14.6 Å². The molecule has 142 valence electrons. The molecule has 5 nitrogen and oxygen atoms in total. The zero-order valence-electron chi connectivity index (χ0n) is 15.6. The van der Waals surface area contributed by atoms with Crippen molar-refractivity contribution in [3.05, 3.63) is 36.0 Å². The molecule has 3 atom stereocenters. The van der Waals surface area contributed by atoms with Gasteiger partial charge in [0, 0.05) is 43.3 Å². The zero-order valence-corrected chi connectivity index (χ0v) is 15.6. The molecule has 2 heterocycles. The molecule has 0 bridgehead atoms. The van der Waals surface area contributed by atoms with Gasteiger partial charge in [-0.05, 0) is 43.7 Å². The smallest absolute Gasteiger partial charge is 0.0847 e. The summed E-state index contributed by atoms with van der Waals surface area (Å²) in [5, 5.41) is 10.4. The lowest BCUT2D eigenvalue weighted by Crippen LogP contribution is -2.52. The summed E-state index contributed by atoms with van der Waals surface area (Å²) in [6.07, 6.45) is 7.62. The highest BCUT2D eigenvalue weighted by Gasteiger charge is 2.50. The standard InChI is InChI=1S/C21H30N2O3/c1-25-21-8-6-17(26-13-12-24)14-20(21)23(11-9-21)10-7-16-15-22-19-5-3-2-4-18(16)19/h2-5,15,17,20,22,24H,6-14H2,1H3/t17-,20-,21+/m0/s1. The highest BCUT2D eigenvalue weighted by atomic mass is 16.5. The van der Waals surface area contributed by atoms with Crippen LogP contribution in [0.4, 0.5) is 0 Å². The van der Waals surface area contributed by atoms with Crippen LogP contribution in [0.15, 0.2) is 30.5 Å². The maximum Gasteiger partial charge on any atom is 0.0847 e. The van der Waals surface area contributed by atoms with Crippen LogP contribution in [0.3, 0.4) is 0 Å². The molecule has 1 saturated heterocycles. The van der Waals surface area contributed by atoms with Gasteiger partial charge in [-0.1, -0.05) is 18.2 Å². The van der Waals surface area contributed by atoms with Crippen molar-refractivity contribution in [2.24, 2.45) is 0 Å². The van der Waals surface area contributed by atoms with E-state index in [0.717, 1.165) is 45.2 Å². The van der Waals surface area contributed by atoms with E-state index in [2.05, 4.69) is 40.3 Å². The van der Waals surface area contributed by atoms with Gasteiger partial charge in [0.25, 0.3) is 0 Å². The monoisotopic (exact) mass is 358 g/mol. The number of hydrogen-bond donors (Lipinski definition) is 2. The number of para-hydroxylation sites is 1. The summed E-state index contributed by atoms with van der Waals surface area (Å²) >= 11 is 0. The van der Waals surface area contributed by atoms with Crippen LogP contribution < -0.4 is 0 Å². The highest BCUT2D eigenvalue weighted by molar-refractivity contribution is 5.83. The Balaban J connectivity index is 1.44. The largest absolute Gasteiger partial charge is 0.394 e. The van der Waals surface area contributed by atoms with Gasteiger partial charge < -0.3 is 19.6 Å². The molecule has 4 rings (SSSR count). The SMILES string of the molecule is CO[C@@]12CC[C@H](OCCO)C[C@@H]1N(CCc1c[nH]c3ccccc13)CC2. The van der Waals surface area contributed by atoms with E-state index in [4.69, 9.17) is 14.6 Å². The summed E-state index contributed by atoms with van der Waals surface area (Å²) in [5.74, 6) is 0. The number of hydrogen-bond acceptors (Lipinski definition) is 4. The third-order valence-electron chi connectivity index (χ3n) is 6.44. The molecule has 2 fully saturated rings. The number of H-pyrrole nitrogens is 1. The molecule has 1 saturated carbocycles. The van der Waals surface area contributed by atoms with Gasteiger partial charge in [-0.15, -0.1) is 0 Å². The van der Waals surface area contributed by atoms with E-state index in [1.165, 1.54) is 16.5 Å². The second-order valence-electron chi connectivity index (χ2n) is 7.67. The number of aliphatic hydroxyl groups excluding tert-OH is 1. The molecule has 2 aromatic rings. The van der Waals surface area contributed by atoms with Gasteiger partial charge in [-0.25, -0.2) is 0 Å². The van der Waals surface area contributed by atoms with Crippen LogP contribution in [0, 0.1) is 0 Å². The van der Waals surface area contributed by atoms with Crippen molar-refractivity contribution in [2.45, 2.75) is 49.9 Å². The van der Waals surface area contributed by atoms with Crippen molar-refractivity contribution in [3.63, 3.8) is 0 Å². The Kier molecular flexibility index (Phi) is 5.32. The average Bonchev–Trinajstić information content (AvgIpc) is 3.26. The van der Waals surface area contributed by atoms with E-state index in [1.54, 1.807) is 0 Å². The number of benzene rings is 1. The second-order valence-corrected chi connectivity index (χ2v) is 7.67. The average molecular weight is 358 g/mol. The van der Waals surface area contributed by atoms with Crippen LogP contribution in [-0.4, -0.2) is 66.2 Å². The quantitative estimate of drug-likeness (QED) is 0.799. The number of aromatic nitrogens is 1. The van der Waals surface area contributed by atoms with Crippen LogP contribution in [0.25, 0.3) is 10.9 Å². The molecule has 1 aliphatic carbocycles. The minimum Gasteiger partial charge on any atom is -0.394 e. The van der Waals surface area contributed by atoms with E-state index >= 15 is 0 Å². The van der Waals surface area contributed by atoms with Crippen molar-refractivity contribution >= 4 is 10.9 Å². The van der Waals surface area contributed by atoms with Gasteiger partial charge in [0.1, 0.15) is 0 Å². The molecule has 0 spiro atoms. The van der Waals surface area contributed by atoms with E-state index in [1.807, 2.05) is 7.11 Å². The predicted molar refractivity (Wildman–Crippen MR) is 102 cm³/mol. The predicted octanol–water partition coefficient (Wildman–Crippen LogP) is 2.73. The number of rotatable bonds is 7. The second kappa shape index (κ2) is 7.69. The molecule has 2 aliphatic rings. The lowest BCUT2D eigenvalue weighted by atomic mass is 9.79. The van der Waals surface area contributed by atoms with Gasteiger partial charge in [0.05, 0.1) is 24.9 Å². The first-order valence-corrected chi connectivity index (χ1v) is 9.82. The van der Waals surface area contributed by atoms with Crippen LogP contribution >= 0.6 is 0 Å². The highest BCUT2D eigenvalue weighted by Crippen LogP contribution is 2.43. The first-order chi connectivity index (χ1) is 12.8. The van der Waals surface area contributed by atoms with Crippen molar-refractivity contribution in [2.75, 3.05) is 33.4 Å². The number of nitrogens with zero attached hydrogens (tertiary/aromatic N) is 1. The van der Waals surface area contributed by atoms with Crippen LogP contribution in [-0.2, 0) is 15.9 Å². The lowest BCUT2D eigenvalue weighted by molar-refractivity contribution is -0.103. The Bertz CT molecular complexity index is 731. The van der Waals surface area contributed by atoms with Gasteiger partial charge in [0.15, 0.2) is 0 Å². The number of ether oxygens (including phenoxy) is 2. The fraction of sp³-hybridized carbons (Fsp3) is 0.619. The Morgan fingerprint density at radius 1 is 1.31 bits per heavy atom. The molecule has 0 amide bonds. The molecular weight excluding hydrogens is 328 g/mol. The third-order valence-corrected chi connectivity index (χ3v) is 6.44. The number of aliphatic hydroxyl groups is 1. The summed E-state index contributed by atoms with van der Waals surface area (Å²) in [7, 11) is 1.87. The summed E-state index contributed by atoms with van der Waals surface area (Å²) in [6, 6.07) is 8.93. The number of methoxy groups -OCH3 is 1. The zero-order chi connectivity index (χ0) is 18.0. The van der Waals surface area contributed by atoms with Crippen LogP contribution in [0.1, 0.15) is 31.2 Å². The fourth-order valence-corrected chi connectivity index (χ4v) is 5.00. The van der Waals surface area contributed by atoms with Gasteiger partial charge in [-0.2, -0.15) is 0 Å². The van der Waals surface area contributed by atoms with Gasteiger partial charge in [-0.3, -0.25) is 4.90 Å². The Morgan fingerprint density at radius 3 is 3.04 bits per heavy atom. The van der Waals surface area contributed by atoms with Gasteiger partial charge in [0.2, 0.25) is 0 Å². The molecular formula is C21H30N2O3. The van der Waals surface area contributed by atoms with Crippen LogP contribution in [0.2, 0.25) is 0 Å². The Labute approximate surface area is 155 Å². The first kappa shape index (κ1) is 18.0. The van der Waals surface area contributed by atoms with E-state index in [0.29, 0.717) is 12.6 Å². The number of aromatic amines is 1. The number of nitrogens with one attached hydrogen (secondary N) is 1.